The lowest BCUT2D eigenvalue weighted by atomic mass is 9.94. The summed E-state index contributed by atoms with van der Waals surface area (Å²) in [6.07, 6.45) is 2.19. The van der Waals surface area contributed by atoms with Crippen LogP contribution in [0.15, 0.2) is 79.0 Å². The van der Waals surface area contributed by atoms with Crippen LogP contribution < -0.4 is 4.57 Å². The Labute approximate surface area is 207 Å². The van der Waals surface area contributed by atoms with Gasteiger partial charge in [0.25, 0.3) is 0 Å². The van der Waals surface area contributed by atoms with Gasteiger partial charge in [0.15, 0.2) is 6.20 Å². The van der Waals surface area contributed by atoms with E-state index in [0.717, 1.165) is 0 Å². The fourth-order valence-electron chi connectivity index (χ4n) is 5.64. The number of benzene rings is 4. The Hall–Kier alpha value is -3.91. The number of rotatable bonds is 2. The molecule has 2 heterocycles. The number of hydrogen-bond donors (Lipinski definition) is 0. The maximum absolute atomic E-state index is 2.43. The standard InChI is InChI=1S/C33H31N2/c1-20-7-10-28-29-11-8-21(2)18-32(29)35(31(28)17-20)26-9-12-27-25(19-26)13-14-34(6)33(27)30-16-22(3)15-23(4)24(30)5/h7-19H,1-6H3/q+1. The Balaban J connectivity index is 1.66. The first-order valence-corrected chi connectivity index (χ1v) is 12.3. The van der Waals surface area contributed by atoms with Gasteiger partial charge in [-0.15, -0.1) is 0 Å². The van der Waals surface area contributed by atoms with Crippen LogP contribution in [-0.2, 0) is 7.05 Å². The van der Waals surface area contributed by atoms with E-state index < -0.39 is 0 Å². The van der Waals surface area contributed by atoms with Crippen LogP contribution in [0.4, 0.5) is 0 Å². The van der Waals surface area contributed by atoms with E-state index in [4.69, 9.17) is 0 Å². The van der Waals surface area contributed by atoms with Crippen molar-refractivity contribution >= 4 is 32.6 Å². The molecule has 6 rings (SSSR count). The normalized spacial score (nSPS) is 11.7. The zero-order valence-corrected chi connectivity index (χ0v) is 21.4. The van der Waals surface area contributed by atoms with Crippen LogP contribution in [0.25, 0.3) is 49.5 Å². The van der Waals surface area contributed by atoms with Gasteiger partial charge in [-0.1, -0.05) is 35.9 Å². The Morgan fingerprint density at radius 1 is 0.600 bits per heavy atom. The van der Waals surface area contributed by atoms with E-state index in [-0.39, 0.29) is 0 Å². The summed E-state index contributed by atoms with van der Waals surface area (Å²) in [4.78, 5) is 0. The van der Waals surface area contributed by atoms with Gasteiger partial charge in [-0.2, -0.15) is 0 Å². The number of hydrogen-bond acceptors (Lipinski definition) is 0. The second-order valence-corrected chi connectivity index (χ2v) is 10.2. The third-order valence-corrected chi connectivity index (χ3v) is 7.52. The highest BCUT2D eigenvalue weighted by atomic mass is 15.0. The molecular weight excluding hydrogens is 424 g/mol. The molecule has 35 heavy (non-hydrogen) atoms. The number of nitrogens with zero attached hydrogens (tertiary/aromatic N) is 2. The third-order valence-electron chi connectivity index (χ3n) is 7.52. The minimum Gasteiger partial charge on any atom is -0.309 e. The SMILES string of the molecule is Cc1cc(C)c(C)c(-c2c3ccc(-n4c5cc(C)ccc5c5ccc(C)cc54)cc3cc[n+]2C)c1. The van der Waals surface area contributed by atoms with Gasteiger partial charge in [-0.25, -0.2) is 4.57 Å². The second kappa shape index (κ2) is 7.81. The summed E-state index contributed by atoms with van der Waals surface area (Å²) in [7, 11) is 2.15. The van der Waals surface area contributed by atoms with Crippen molar-refractivity contribution < 1.29 is 4.57 Å². The third kappa shape index (κ3) is 3.36. The van der Waals surface area contributed by atoms with Crippen molar-refractivity contribution in [3.63, 3.8) is 0 Å². The smallest absolute Gasteiger partial charge is 0.220 e. The van der Waals surface area contributed by atoms with Crippen molar-refractivity contribution in [1.29, 1.82) is 0 Å². The minimum atomic E-state index is 1.20. The molecule has 6 aromatic rings. The van der Waals surface area contributed by atoms with Crippen molar-refractivity contribution in [3.8, 4) is 16.9 Å². The number of aryl methyl sites for hydroxylation is 5. The van der Waals surface area contributed by atoms with Gasteiger partial charge >= 0.3 is 0 Å². The van der Waals surface area contributed by atoms with Crippen molar-refractivity contribution in [1.82, 2.24) is 4.57 Å². The first kappa shape index (κ1) is 21.6. The predicted octanol–water partition coefficient (Wildman–Crippen LogP) is 7.97. The van der Waals surface area contributed by atoms with Crippen molar-refractivity contribution in [2.75, 3.05) is 0 Å². The zero-order chi connectivity index (χ0) is 24.4. The van der Waals surface area contributed by atoms with Crippen LogP contribution in [0.5, 0.6) is 0 Å². The molecule has 0 unspecified atom stereocenters. The Morgan fingerprint density at radius 3 is 1.89 bits per heavy atom. The second-order valence-electron chi connectivity index (χ2n) is 10.2. The van der Waals surface area contributed by atoms with Crippen molar-refractivity contribution in [2.45, 2.75) is 34.6 Å². The van der Waals surface area contributed by atoms with E-state index >= 15 is 0 Å². The quantitative estimate of drug-likeness (QED) is 0.234. The fourth-order valence-corrected chi connectivity index (χ4v) is 5.64. The van der Waals surface area contributed by atoms with Gasteiger partial charge in [-0.3, -0.25) is 0 Å². The number of fused-ring (bicyclic) bond motifs is 4. The Bertz CT molecular complexity index is 1740. The molecular formula is C33H31N2+. The average Bonchev–Trinajstić information content (AvgIpc) is 3.13. The molecule has 172 valence electrons. The van der Waals surface area contributed by atoms with E-state index in [0.29, 0.717) is 0 Å². The summed E-state index contributed by atoms with van der Waals surface area (Å²) in [6.45, 7) is 11.0. The van der Waals surface area contributed by atoms with E-state index in [2.05, 4.69) is 130 Å². The lowest BCUT2D eigenvalue weighted by Crippen LogP contribution is -2.30. The summed E-state index contributed by atoms with van der Waals surface area (Å²) in [5.74, 6) is 0. The van der Waals surface area contributed by atoms with Gasteiger partial charge in [0, 0.05) is 22.5 Å². The molecule has 0 aliphatic rings. The molecule has 0 saturated heterocycles. The Morgan fingerprint density at radius 2 is 1.23 bits per heavy atom. The van der Waals surface area contributed by atoms with Gasteiger partial charge in [-0.05, 0) is 98.7 Å². The first-order chi connectivity index (χ1) is 16.8. The van der Waals surface area contributed by atoms with Crippen LogP contribution in [0.1, 0.15) is 27.8 Å². The molecule has 0 N–H and O–H groups in total. The van der Waals surface area contributed by atoms with Gasteiger partial charge < -0.3 is 4.57 Å². The van der Waals surface area contributed by atoms with E-state index in [1.807, 2.05) is 0 Å². The highest BCUT2D eigenvalue weighted by molar-refractivity contribution is 6.10. The highest BCUT2D eigenvalue weighted by Crippen LogP contribution is 2.36. The summed E-state index contributed by atoms with van der Waals surface area (Å²) in [6, 6.07) is 27.3. The van der Waals surface area contributed by atoms with Crippen LogP contribution in [-0.4, -0.2) is 4.57 Å². The first-order valence-electron chi connectivity index (χ1n) is 12.3. The highest BCUT2D eigenvalue weighted by Gasteiger charge is 2.20. The molecule has 4 aromatic carbocycles. The molecule has 0 aliphatic heterocycles. The van der Waals surface area contributed by atoms with E-state index in [1.54, 1.807) is 0 Å². The molecule has 0 fully saturated rings. The summed E-state index contributed by atoms with van der Waals surface area (Å²) in [5.41, 5.74) is 12.8. The summed E-state index contributed by atoms with van der Waals surface area (Å²) in [5, 5.41) is 5.14. The molecule has 0 spiro atoms. The van der Waals surface area contributed by atoms with Crippen LogP contribution in [0.3, 0.4) is 0 Å². The predicted molar refractivity (Wildman–Crippen MR) is 149 cm³/mol. The average molecular weight is 456 g/mol. The lowest BCUT2D eigenvalue weighted by Gasteiger charge is -2.13. The molecule has 0 radical (unpaired) electrons. The molecule has 0 atom stereocenters. The summed E-state index contributed by atoms with van der Waals surface area (Å²) < 4.78 is 4.69. The van der Waals surface area contributed by atoms with Gasteiger partial charge in [0.1, 0.15) is 7.05 Å². The lowest BCUT2D eigenvalue weighted by molar-refractivity contribution is -0.659. The topological polar surface area (TPSA) is 8.81 Å². The zero-order valence-electron chi connectivity index (χ0n) is 21.4. The molecule has 0 amide bonds. The molecule has 2 nitrogen and oxygen atoms in total. The van der Waals surface area contributed by atoms with E-state index in [9.17, 15) is 0 Å². The largest absolute Gasteiger partial charge is 0.309 e. The van der Waals surface area contributed by atoms with Crippen LogP contribution >= 0.6 is 0 Å². The van der Waals surface area contributed by atoms with Crippen molar-refractivity contribution in [3.05, 3.63) is 107 Å². The maximum atomic E-state index is 2.43. The fraction of sp³-hybridized carbons (Fsp3) is 0.182. The molecule has 2 heteroatoms. The molecule has 0 saturated carbocycles. The van der Waals surface area contributed by atoms with E-state index in [1.165, 1.54) is 77.3 Å². The molecule has 0 bridgehead atoms. The molecule has 0 aliphatic carbocycles. The molecule has 2 aromatic heterocycles. The monoisotopic (exact) mass is 455 g/mol. The van der Waals surface area contributed by atoms with Gasteiger partial charge in [0.05, 0.1) is 22.0 Å². The van der Waals surface area contributed by atoms with Gasteiger partial charge in [0.2, 0.25) is 5.69 Å². The van der Waals surface area contributed by atoms with Crippen LogP contribution in [0, 0.1) is 34.6 Å². The summed E-state index contributed by atoms with van der Waals surface area (Å²) >= 11 is 0. The van der Waals surface area contributed by atoms with Crippen molar-refractivity contribution in [2.24, 2.45) is 7.05 Å². The maximum Gasteiger partial charge on any atom is 0.220 e. The number of aromatic nitrogens is 2. The van der Waals surface area contributed by atoms with Crippen LogP contribution in [0.2, 0.25) is 0 Å². The number of pyridine rings is 1. The minimum absolute atomic E-state index is 1.20. The Kier molecular flexibility index (Phi) is 4.82.